The molecule has 4 nitrogen and oxygen atoms in total. The number of hydrogen-bond donors (Lipinski definition) is 1. The maximum Gasteiger partial charge on any atom is 0.342 e. The Balaban J connectivity index is 2.41. The van der Waals surface area contributed by atoms with Crippen LogP contribution in [0.15, 0.2) is 36.4 Å². The molecule has 0 saturated carbocycles. The number of nitriles is 1. The van der Waals surface area contributed by atoms with Gasteiger partial charge in [0.25, 0.3) is 0 Å². The molecule has 0 radical (unpaired) electrons. The van der Waals surface area contributed by atoms with Crippen molar-refractivity contribution in [3.8, 4) is 17.6 Å². The Bertz CT molecular complexity index is 723. The molecule has 0 aliphatic carbocycles. The number of aromatic carboxylic acids is 1. The van der Waals surface area contributed by atoms with Crippen LogP contribution in [0.4, 0.5) is 8.78 Å². The minimum Gasteiger partial charge on any atom is -0.477 e. The second-order valence-electron chi connectivity index (χ2n) is 3.77. The number of nitrogens with zero attached hydrogens (tertiary/aromatic N) is 1. The molecule has 0 saturated heterocycles. The van der Waals surface area contributed by atoms with Gasteiger partial charge in [-0.1, -0.05) is 6.07 Å². The number of rotatable bonds is 3. The maximum atomic E-state index is 13.4. The molecule has 0 heterocycles. The van der Waals surface area contributed by atoms with Gasteiger partial charge in [-0.3, -0.25) is 0 Å². The number of carbonyl (C=O) groups is 1. The van der Waals surface area contributed by atoms with Crippen molar-refractivity contribution in [3.63, 3.8) is 0 Å². The molecular formula is C14H7F2NO3. The van der Waals surface area contributed by atoms with Gasteiger partial charge in [-0.05, 0) is 24.3 Å². The van der Waals surface area contributed by atoms with Gasteiger partial charge < -0.3 is 9.84 Å². The molecule has 0 fully saturated rings. The van der Waals surface area contributed by atoms with Gasteiger partial charge in [-0.2, -0.15) is 5.26 Å². The van der Waals surface area contributed by atoms with Gasteiger partial charge in [0, 0.05) is 6.07 Å². The van der Waals surface area contributed by atoms with Gasteiger partial charge in [0.05, 0.1) is 5.56 Å². The highest BCUT2D eigenvalue weighted by atomic mass is 19.1. The first kappa shape index (κ1) is 13.5. The Morgan fingerprint density at radius 2 is 1.95 bits per heavy atom. The van der Waals surface area contributed by atoms with E-state index in [-0.39, 0.29) is 17.1 Å². The molecule has 0 atom stereocenters. The van der Waals surface area contributed by atoms with E-state index in [1.807, 2.05) is 0 Å². The third-order valence-corrected chi connectivity index (χ3v) is 2.48. The fourth-order valence-corrected chi connectivity index (χ4v) is 1.57. The molecule has 1 N–H and O–H groups in total. The third kappa shape index (κ3) is 2.57. The van der Waals surface area contributed by atoms with E-state index < -0.39 is 23.2 Å². The highest BCUT2D eigenvalue weighted by molar-refractivity contribution is 5.91. The van der Waals surface area contributed by atoms with Crippen molar-refractivity contribution in [2.75, 3.05) is 0 Å². The zero-order valence-corrected chi connectivity index (χ0v) is 9.93. The summed E-state index contributed by atoms with van der Waals surface area (Å²) in [6.07, 6.45) is 0. The molecule has 20 heavy (non-hydrogen) atoms. The van der Waals surface area contributed by atoms with Gasteiger partial charge in [0.1, 0.15) is 34.8 Å². The summed E-state index contributed by atoms with van der Waals surface area (Å²) < 4.78 is 32.0. The summed E-state index contributed by atoms with van der Waals surface area (Å²) in [5.74, 6) is -3.54. The highest BCUT2D eigenvalue weighted by Gasteiger charge is 2.17. The Morgan fingerprint density at radius 1 is 1.20 bits per heavy atom. The minimum atomic E-state index is -1.49. The zero-order chi connectivity index (χ0) is 14.7. The van der Waals surface area contributed by atoms with Crippen molar-refractivity contribution in [1.29, 1.82) is 5.26 Å². The van der Waals surface area contributed by atoms with Crippen LogP contribution in [0.2, 0.25) is 0 Å². The number of hydrogen-bond acceptors (Lipinski definition) is 3. The molecule has 0 spiro atoms. The SMILES string of the molecule is N#Cc1ccc(Oc2cccc(F)c2C(=O)O)cc1F. The van der Waals surface area contributed by atoms with Crippen LogP contribution in [-0.2, 0) is 0 Å². The van der Waals surface area contributed by atoms with E-state index in [0.29, 0.717) is 0 Å². The summed E-state index contributed by atoms with van der Waals surface area (Å²) in [5, 5.41) is 17.5. The smallest absolute Gasteiger partial charge is 0.342 e. The van der Waals surface area contributed by atoms with E-state index in [0.717, 1.165) is 12.1 Å². The molecule has 0 aliphatic heterocycles. The monoisotopic (exact) mass is 275 g/mol. The van der Waals surface area contributed by atoms with Gasteiger partial charge in [0.2, 0.25) is 0 Å². The van der Waals surface area contributed by atoms with Crippen LogP contribution in [0, 0.1) is 23.0 Å². The second-order valence-corrected chi connectivity index (χ2v) is 3.77. The van der Waals surface area contributed by atoms with E-state index in [1.54, 1.807) is 6.07 Å². The first-order chi connectivity index (χ1) is 9.52. The summed E-state index contributed by atoms with van der Waals surface area (Å²) >= 11 is 0. The van der Waals surface area contributed by atoms with Gasteiger partial charge in [0.15, 0.2) is 0 Å². The molecular weight excluding hydrogens is 268 g/mol. The summed E-state index contributed by atoms with van der Waals surface area (Å²) in [5.41, 5.74) is -0.813. The van der Waals surface area contributed by atoms with Crippen molar-refractivity contribution in [1.82, 2.24) is 0 Å². The Kier molecular flexibility index (Phi) is 3.62. The number of benzene rings is 2. The Hall–Kier alpha value is -2.94. The van der Waals surface area contributed by atoms with Gasteiger partial charge >= 0.3 is 5.97 Å². The van der Waals surface area contributed by atoms with Crippen LogP contribution in [0.1, 0.15) is 15.9 Å². The number of carboxylic acids is 1. The zero-order valence-electron chi connectivity index (χ0n) is 9.93. The number of carboxylic acid groups (broad SMARTS) is 1. The van der Waals surface area contributed by atoms with Crippen LogP contribution in [0.25, 0.3) is 0 Å². The predicted octanol–water partition coefficient (Wildman–Crippen LogP) is 3.33. The van der Waals surface area contributed by atoms with Crippen molar-refractivity contribution in [2.24, 2.45) is 0 Å². The molecule has 0 aromatic heterocycles. The van der Waals surface area contributed by atoms with Crippen molar-refractivity contribution < 1.29 is 23.4 Å². The Morgan fingerprint density at radius 3 is 2.55 bits per heavy atom. The fraction of sp³-hybridized carbons (Fsp3) is 0. The van der Waals surface area contributed by atoms with Crippen LogP contribution in [0.5, 0.6) is 11.5 Å². The number of ether oxygens (including phenoxy) is 1. The lowest BCUT2D eigenvalue weighted by Crippen LogP contribution is -2.03. The standard InChI is InChI=1S/C14H7F2NO3/c15-10-2-1-3-12(13(10)14(18)19)20-9-5-4-8(7-17)11(16)6-9/h1-6H,(H,18,19). The molecule has 2 aromatic carbocycles. The average molecular weight is 275 g/mol. The first-order valence-corrected chi connectivity index (χ1v) is 5.42. The molecule has 6 heteroatoms. The molecule has 0 unspecified atom stereocenters. The predicted molar refractivity (Wildman–Crippen MR) is 64.5 cm³/mol. The molecule has 100 valence electrons. The highest BCUT2D eigenvalue weighted by Crippen LogP contribution is 2.28. The van der Waals surface area contributed by atoms with Gasteiger partial charge in [-0.15, -0.1) is 0 Å². The van der Waals surface area contributed by atoms with Crippen LogP contribution >= 0.6 is 0 Å². The second kappa shape index (κ2) is 5.36. The molecule has 0 bridgehead atoms. The van der Waals surface area contributed by atoms with E-state index in [2.05, 4.69) is 0 Å². The summed E-state index contributed by atoms with van der Waals surface area (Å²) in [6.45, 7) is 0. The third-order valence-electron chi connectivity index (χ3n) is 2.48. The molecule has 0 aliphatic rings. The van der Waals surface area contributed by atoms with E-state index in [1.165, 1.54) is 24.3 Å². The van der Waals surface area contributed by atoms with Crippen LogP contribution < -0.4 is 4.74 Å². The average Bonchev–Trinajstić information content (AvgIpc) is 2.38. The van der Waals surface area contributed by atoms with Crippen LogP contribution in [0.3, 0.4) is 0 Å². The lowest BCUT2D eigenvalue weighted by atomic mass is 10.2. The quantitative estimate of drug-likeness (QED) is 0.932. The molecule has 2 rings (SSSR count). The normalized spacial score (nSPS) is 9.85. The van der Waals surface area contributed by atoms with Crippen molar-refractivity contribution in [3.05, 3.63) is 59.2 Å². The lowest BCUT2D eigenvalue weighted by Gasteiger charge is -2.09. The maximum absolute atomic E-state index is 13.4. The van der Waals surface area contributed by atoms with E-state index >= 15 is 0 Å². The van der Waals surface area contributed by atoms with Crippen LogP contribution in [-0.4, -0.2) is 11.1 Å². The van der Waals surface area contributed by atoms with E-state index in [9.17, 15) is 13.6 Å². The topological polar surface area (TPSA) is 70.3 Å². The van der Waals surface area contributed by atoms with E-state index in [4.69, 9.17) is 15.1 Å². The minimum absolute atomic E-state index is 0.0328. The summed E-state index contributed by atoms with van der Waals surface area (Å²) in [6, 6.07) is 8.55. The summed E-state index contributed by atoms with van der Waals surface area (Å²) in [7, 11) is 0. The molecule has 0 amide bonds. The summed E-state index contributed by atoms with van der Waals surface area (Å²) in [4.78, 5) is 11.0. The van der Waals surface area contributed by atoms with Crippen molar-refractivity contribution in [2.45, 2.75) is 0 Å². The lowest BCUT2D eigenvalue weighted by molar-refractivity contribution is 0.0689. The fourth-order valence-electron chi connectivity index (χ4n) is 1.57. The first-order valence-electron chi connectivity index (χ1n) is 5.42. The van der Waals surface area contributed by atoms with Gasteiger partial charge in [-0.25, -0.2) is 13.6 Å². The Labute approximate surface area is 112 Å². The largest absolute Gasteiger partial charge is 0.477 e. The number of halogens is 2. The van der Waals surface area contributed by atoms with Crippen molar-refractivity contribution >= 4 is 5.97 Å². The molecule has 2 aromatic rings.